The van der Waals surface area contributed by atoms with E-state index in [1.54, 1.807) is 0 Å². The summed E-state index contributed by atoms with van der Waals surface area (Å²) in [4.78, 5) is 12.4. The van der Waals surface area contributed by atoms with E-state index in [9.17, 15) is 4.79 Å². The third-order valence-corrected chi connectivity index (χ3v) is 3.14. The zero-order valence-corrected chi connectivity index (χ0v) is 12.0. The Morgan fingerprint density at radius 3 is 2.63 bits per heavy atom. The largest absolute Gasteiger partial charge is 0.494 e. The van der Waals surface area contributed by atoms with Crippen LogP contribution in [0.1, 0.15) is 24.0 Å². The van der Waals surface area contributed by atoms with E-state index in [-0.39, 0.29) is 6.42 Å². The highest BCUT2D eigenvalue weighted by Crippen LogP contribution is 2.16. The summed E-state index contributed by atoms with van der Waals surface area (Å²) in [6.45, 7) is 6.23. The van der Waals surface area contributed by atoms with Gasteiger partial charge in [0, 0.05) is 13.1 Å². The molecule has 1 rings (SSSR count). The minimum absolute atomic E-state index is 0.189. The van der Waals surface area contributed by atoms with E-state index in [0.717, 1.165) is 18.7 Å². The van der Waals surface area contributed by atoms with E-state index in [1.165, 1.54) is 11.1 Å². The van der Waals surface area contributed by atoms with Gasteiger partial charge in [0.05, 0.1) is 13.0 Å². The molecule has 19 heavy (non-hydrogen) atoms. The molecule has 0 aliphatic heterocycles. The van der Waals surface area contributed by atoms with Crippen LogP contribution in [0.2, 0.25) is 0 Å². The van der Waals surface area contributed by atoms with Gasteiger partial charge in [-0.1, -0.05) is 6.07 Å². The first-order chi connectivity index (χ1) is 8.99. The summed E-state index contributed by atoms with van der Waals surface area (Å²) in [6, 6.07) is 6.09. The molecule has 0 aromatic heterocycles. The lowest BCUT2D eigenvalue weighted by molar-refractivity contribution is -0.137. The van der Waals surface area contributed by atoms with Gasteiger partial charge in [-0.25, -0.2) is 0 Å². The average Bonchev–Trinajstić information content (AvgIpc) is 2.36. The van der Waals surface area contributed by atoms with E-state index in [0.29, 0.717) is 13.2 Å². The topological polar surface area (TPSA) is 49.8 Å². The molecule has 0 fully saturated rings. The molecule has 0 saturated heterocycles. The number of hydrogen-bond donors (Lipinski definition) is 1. The zero-order chi connectivity index (χ0) is 14.3. The molecule has 0 saturated carbocycles. The Bertz CT molecular complexity index is 418. The second-order valence-electron chi connectivity index (χ2n) is 4.90. The van der Waals surface area contributed by atoms with Crippen LogP contribution >= 0.6 is 0 Å². The molecule has 0 aliphatic rings. The molecule has 0 unspecified atom stereocenters. The maximum Gasteiger partial charge on any atom is 0.304 e. The van der Waals surface area contributed by atoms with Gasteiger partial charge in [-0.15, -0.1) is 0 Å². The number of nitrogens with zero attached hydrogens (tertiary/aromatic N) is 1. The molecule has 4 heteroatoms. The molecule has 0 aliphatic carbocycles. The molecule has 1 aromatic carbocycles. The zero-order valence-electron chi connectivity index (χ0n) is 12.0. The quantitative estimate of drug-likeness (QED) is 0.734. The summed E-state index contributed by atoms with van der Waals surface area (Å²) >= 11 is 0. The number of aryl methyl sites for hydroxylation is 2. The number of hydrogen-bond acceptors (Lipinski definition) is 3. The van der Waals surface area contributed by atoms with Crippen molar-refractivity contribution in [2.45, 2.75) is 26.7 Å². The van der Waals surface area contributed by atoms with E-state index in [4.69, 9.17) is 9.84 Å². The molecule has 1 N–H and O–H groups in total. The number of carboxylic acid groups (broad SMARTS) is 1. The van der Waals surface area contributed by atoms with Crippen molar-refractivity contribution in [3.63, 3.8) is 0 Å². The number of benzene rings is 1. The van der Waals surface area contributed by atoms with Crippen LogP contribution in [0.5, 0.6) is 5.75 Å². The predicted molar refractivity (Wildman–Crippen MR) is 75.8 cm³/mol. The first-order valence-corrected chi connectivity index (χ1v) is 6.59. The van der Waals surface area contributed by atoms with E-state index >= 15 is 0 Å². The van der Waals surface area contributed by atoms with Crippen LogP contribution in [0, 0.1) is 13.8 Å². The van der Waals surface area contributed by atoms with Gasteiger partial charge in [-0.2, -0.15) is 0 Å². The Labute approximate surface area is 115 Å². The van der Waals surface area contributed by atoms with Crippen molar-refractivity contribution in [1.29, 1.82) is 0 Å². The fraction of sp³-hybridized carbons (Fsp3) is 0.533. The first-order valence-electron chi connectivity index (χ1n) is 6.59. The monoisotopic (exact) mass is 265 g/mol. The van der Waals surface area contributed by atoms with Gasteiger partial charge in [-0.3, -0.25) is 4.79 Å². The highest BCUT2D eigenvalue weighted by molar-refractivity contribution is 5.66. The second kappa shape index (κ2) is 7.79. The van der Waals surface area contributed by atoms with Crippen LogP contribution in [0.15, 0.2) is 18.2 Å². The van der Waals surface area contributed by atoms with Crippen molar-refractivity contribution < 1.29 is 14.6 Å². The second-order valence-corrected chi connectivity index (χ2v) is 4.90. The Kier molecular flexibility index (Phi) is 6.36. The highest BCUT2D eigenvalue weighted by atomic mass is 16.5. The van der Waals surface area contributed by atoms with Crippen molar-refractivity contribution in [2.75, 3.05) is 26.7 Å². The van der Waals surface area contributed by atoms with Crippen LogP contribution in [0.4, 0.5) is 0 Å². The number of carbonyl (C=O) groups is 1. The normalized spacial score (nSPS) is 10.7. The SMILES string of the molecule is Cc1ccc(OCCCN(C)CCC(=O)O)cc1C. The van der Waals surface area contributed by atoms with Crippen molar-refractivity contribution >= 4 is 5.97 Å². The van der Waals surface area contributed by atoms with Crippen LogP contribution in [-0.2, 0) is 4.79 Å². The number of aliphatic carboxylic acids is 1. The fourth-order valence-electron chi connectivity index (χ4n) is 1.73. The molecule has 106 valence electrons. The number of ether oxygens (including phenoxy) is 1. The van der Waals surface area contributed by atoms with Crippen LogP contribution in [0.3, 0.4) is 0 Å². The van der Waals surface area contributed by atoms with Gasteiger partial charge in [0.1, 0.15) is 5.75 Å². The van der Waals surface area contributed by atoms with Crippen molar-refractivity contribution in [2.24, 2.45) is 0 Å². The minimum atomic E-state index is -0.752. The summed E-state index contributed by atoms with van der Waals surface area (Å²) < 4.78 is 5.67. The van der Waals surface area contributed by atoms with Crippen molar-refractivity contribution in [3.8, 4) is 5.75 Å². The Morgan fingerprint density at radius 2 is 2.00 bits per heavy atom. The third kappa shape index (κ3) is 6.25. The van der Waals surface area contributed by atoms with Gasteiger partial charge in [0.2, 0.25) is 0 Å². The van der Waals surface area contributed by atoms with Crippen LogP contribution < -0.4 is 4.74 Å². The lowest BCUT2D eigenvalue weighted by Crippen LogP contribution is -2.24. The van der Waals surface area contributed by atoms with Crippen LogP contribution in [0.25, 0.3) is 0 Å². The van der Waals surface area contributed by atoms with Gasteiger partial charge >= 0.3 is 5.97 Å². The Balaban J connectivity index is 2.19. The smallest absolute Gasteiger partial charge is 0.304 e. The summed E-state index contributed by atoms with van der Waals surface area (Å²) in [5.74, 6) is 0.148. The van der Waals surface area contributed by atoms with Crippen molar-refractivity contribution in [1.82, 2.24) is 4.90 Å². The highest BCUT2D eigenvalue weighted by Gasteiger charge is 2.02. The van der Waals surface area contributed by atoms with Crippen molar-refractivity contribution in [3.05, 3.63) is 29.3 Å². The molecule has 0 radical (unpaired) electrons. The fourth-order valence-corrected chi connectivity index (χ4v) is 1.73. The molecule has 0 bridgehead atoms. The van der Waals surface area contributed by atoms with Crippen LogP contribution in [-0.4, -0.2) is 42.7 Å². The number of rotatable bonds is 8. The summed E-state index contributed by atoms with van der Waals surface area (Å²) in [7, 11) is 1.93. The molecule has 0 atom stereocenters. The molecule has 1 aromatic rings. The average molecular weight is 265 g/mol. The summed E-state index contributed by atoms with van der Waals surface area (Å²) in [5.41, 5.74) is 2.50. The molecular weight excluding hydrogens is 242 g/mol. The predicted octanol–water partition coefficient (Wildman–Crippen LogP) is 2.48. The number of carboxylic acids is 1. The van der Waals surface area contributed by atoms with Gasteiger partial charge in [0.25, 0.3) is 0 Å². The molecular formula is C15H23NO3. The lowest BCUT2D eigenvalue weighted by Gasteiger charge is -2.15. The van der Waals surface area contributed by atoms with E-state index in [2.05, 4.69) is 19.9 Å². The minimum Gasteiger partial charge on any atom is -0.494 e. The Morgan fingerprint density at radius 1 is 1.26 bits per heavy atom. The summed E-state index contributed by atoms with van der Waals surface area (Å²) in [5, 5.41) is 8.58. The molecule has 0 heterocycles. The first kappa shape index (κ1) is 15.5. The van der Waals surface area contributed by atoms with Gasteiger partial charge in [-0.05, 0) is 50.6 Å². The lowest BCUT2D eigenvalue weighted by atomic mass is 10.1. The van der Waals surface area contributed by atoms with E-state index < -0.39 is 5.97 Å². The molecule has 0 amide bonds. The van der Waals surface area contributed by atoms with E-state index in [1.807, 2.05) is 24.1 Å². The Hall–Kier alpha value is -1.55. The summed E-state index contributed by atoms with van der Waals surface area (Å²) in [6.07, 6.45) is 1.08. The third-order valence-electron chi connectivity index (χ3n) is 3.14. The maximum atomic E-state index is 10.4. The van der Waals surface area contributed by atoms with Gasteiger partial charge < -0.3 is 14.7 Å². The van der Waals surface area contributed by atoms with Gasteiger partial charge in [0.15, 0.2) is 0 Å². The maximum absolute atomic E-state index is 10.4. The molecule has 0 spiro atoms. The molecule has 4 nitrogen and oxygen atoms in total. The standard InChI is InChI=1S/C15H23NO3/c1-12-5-6-14(11-13(12)2)19-10-4-8-16(3)9-7-15(17)18/h5-6,11H,4,7-10H2,1-3H3,(H,17,18).